The molecule has 5 nitrogen and oxygen atoms in total. The Kier molecular flexibility index (Phi) is 6.41. The minimum atomic E-state index is -4.69. The zero-order chi connectivity index (χ0) is 24.5. The van der Waals surface area contributed by atoms with E-state index in [9.17, 15) is 22.8 Å². The Labute approximate surface area is 202 Å². The molecule has 0 aliphatic carbocycles. The van der Waals surface area contributed by atoms with Crippen molar-refractivity contribution in [1.82, 2.24) is 5.32 Å². The van der Waals surface area contributed by atoms with E-state index in [0.29, 0.717) is 17.2 Å². The largest absolute Gasteiger partial charge is 0.457 e. The van der Waals surface area contributed by atoms with Gasteiger partial charge in [0.15, 0.2) is 5.11 Å². The standard InChI is InChI=1S/C24H14ClF3N2O3S/c25-20-11-6-14(13-19(20)24(26,27)28)12-18-21(31)29-23(34)30(22(18)32)15-7-9-17(10-8-15)33-16-4-2-1-3-5-16/h1-13H,(H,29,31,34). The quantitative estimate of drug-likeness (QED) is 0.271. The van der Waals surface area contributed by atoms with Crippen LogP contribution in [0, 0.1) is 0 Å². The third kappa shape index (κ3) is 4.95. The molecule has 1 N–H and O–H groups in total. The van der Waals surface area contributed by atoms with Gasteiger partial charge >= 0.3 is 6.18 Å². The number of benzene rings is 3. The molecule has 0 radical (unpaired) electrons. The fraction of sp³-hybridized carbons (Fsp3) is 0.0417. The predicted octanol–water partition coefficient (Wildman–Crippen LogP) is 5.98. The highest BCUT2D eigenvalue weighted by atomic mass is 35.5. The Balaban J connectivity index is 1.63. The van der Waals surface area contributed by atoms with Gasteiger partial charge in [-0.15, -0.1) is 0 Å². The number of nitrogens with zero attached hydrogens (tertiary/aromatic N) is 1. The lowest BCUT2D eigenvalue weighted by Crippen LogP contribution is -2.54. The molecule has 4 rings (SSSR count). The van der Waals surface area contributed by atoms with Crippen LogP contribution in [0.2, 0.25) is 5.02 Å². The van der Waals surface area contributed by atoms with Gasteiger partial charge in [0.25, 0.3) is 11.8 Å². The summed E-state index contributed by atoms with van der Waals surface area (Å²) in [5.74, 6) is -0.475. The second kappa shape index (κ2) is 9.28. The maximum Gasteiger partial charge on any atom is 0.417 e. The third-order valence-electron chi connectivity index (χ3n) is 4.78. The first-order valence-electron chi connectivity index (χ1n) is 9.74. The Morgan fingerprint density at radius 2 is 1.59 bits per heavy atom. The van der Waals surface area contributed by atoms with Crippen molar-refractivity contribution in [3.05, 3.63) is 94.5 Å². The van der Waals surface area contributed by atoms with Crippen LogP contribution in [0.1, 0.15) is 11.1 Å². The molecule has 0 saturated carbocycles. The van der Waals surface area contributed by atoms with Crippen LogP contribution in [0.3, 0.4) is 0 Å². The number of anilines is 1. The number of ether oxygens (including phenoxy) is 1. The zero-order valence-corrected chi connectivity index (χ0v) is 18.7. The molecule has 0 spiro atoms. The summed E-state index contributed by atoms with van der Waals surface area (Å²) in [5.41, 5.74) is -1.13. The number of carbonyl (C=O) groups is 2. The molecule has 1 fully saturated rings. The van der Waals surface area contributed by atoms with Crippen LogP contribution in [-0.2, 0) is 15.8 Å². The molecular weight excluding hydrogens is 489 g/mol. The van der Waals surface area contributed by atoms with Gasteiger partial charge < -0.3 is 4.74 Å². The molecule has 1 saturated heterocycles. The number of para-hydroxylation sites is 1. The number of amides is 2. The first-order valence-corrected chi connectivity index (χ1v) is 10.5. The minimum Gasteiger partial charge on any atom is -0.457 e. The van der Waals surface area contributed by atoms with Crippen molar-refractivity contribution in [2.24, 2.45) is 0 Å². The fourth-order valence-electron chi connectivity index (χ4n) is 3.20. The highest BCUT2D eigenvalue weighted by Crippen LogP contribution is 2.36. The Bertz CT molecular complexity index is 1310. The number of carbonyl (C=O) groups excluding carboxylic acids is 2. The molecule has 1 aliphatic heterocycles. The van der Waals surface area contributed by atoms with Crippen LogP contribution < -0.4 is 15.0 Å². The molecule has 10 heteroatoms. The van der Waals surface area contributed by atoms with Crippen molar-refractivity contribution in [2.75, 3.05) is 4.90 Å². The van der Waals surface area contributed by atoms with E-state index < -0.39 is 28.6 Å². The average Bonchev–Trinajstić information content (AvgIpc) is 2.78. The van der Waals surface area contributed by atoms with Gasteiger partial charge in [0.1, 0.15) is 17.1 Å². The van der Waals surface area contributed by atoms with E-state index in [0.717, 1.165) is 23.1 Å². The van der Waals surface area contributed by atoms with Gasteiger partial charge in [-0.05, 0) is 72.4 Å². The topological polar surface area (TPSA) is 58.6 Å². The molecule has 0 bridgehead atoms. The van der Waals surface area contributed by atoms with Crippen LogP contribution in [0.15, 0.2) is 78.4 Å². The van der Waals surface area contributed by atoms with E-state index in [-0.39, 0.29) is 16.2 Å². The highest BCUT2D eigenvalue weighted by Gasteiger charge is 2.36. The number of rotatable bonds is 4. The van der Waals surface area contributed by atoms with Gasteiger partial charge in [-0.3, -0.25) is 19.8 Å². The third-order valence-corrected chi connectivity index (χ3v) is 5.40. The van der Waals surface area contributed by atoms with Gasteiger partial charge in [-0.1, -0.05) is 35.9 Å². The number of hydrogen-bond acceptors (Lipinski definition) is 4. The SMILES string of the molecule is O=C1NC(=S)N(c2ccc(Oc3ccccc3)cc2)C(=O)C1=Cc1ccc(Cl)c(C(F)(F)F)c1. The van der Waals surface area contributed by atoms with Gasteiger partial charge in [0, 0.05) is 0 Å². The molecule has 3 aromatic rings. The normalized spacial score (nSPS) is 15.5. The van der Waals surface area contributed by atoms with Crippen molar-refractivity contribution in [3.63, 3.8) is 0 Å². The number of alkyl halides is 3. The second-order valence-corrected chi connectivity index (χ2v) is 7.90. The van der Waals surface area contributed by atoms with Gasteiger partial charge in [-0.25, -0.2) is 0 Å². The summed E-state index contributed by atoms with van der Waals surface area (Å²) in [6.07, 6.45) is -3.63. The lowest BCUT2D eigenvalue weighted by molar-refractivity contribution is -0.137. The van der Waals surface area contributed by atoms with Crippen molar-refractivity contribution >= 4 is 52.5 Å². The summed E-state index contributed by atoms with van der Waals surface area (Å²) in [5, 5.41) is 1.74. The van der Waals surface area contributed by atoms with Gasteiger partial charge in [0.05, 0.1) is 16.3 Å². The molecule has 2 amide bonds. The second-order valence-electron chi connectivity index (χ2n) is 7.10. The summed E-state index contributed by atoms with van der Waals surface area (Å²) in [6.45, 7) is 0. The molecule has 3 aromatic carbocycles. The van der Waals surface area contributed by atoms with Crippen LogP contribution in [0.25, 0.3) is 6.08 Å². The van der Waals surface area contributed by atoms with E-state index in [1.807, 2.05) is 18.2 Å². The van der Waals surface area contributed by atoms with Crippen molar-refractivity contribution in [2.45, 2.75) is 6.18 Å². The molecule has 0 aromatic heterocycles. The monoisotopic (exact) mass is 502 g/mol. The summed E-state index contributed by atoms with van der Waals surface area (Å²) >= 11 is 10.8. The van der Waals surface area contributed by atoms with Crippen LogP contribution in [-0.4, -0.2) is 16.9 Å². The Morgan fingerprint density at radius 3 is 2.24 bits per heavy atom. The van der Waals surface area contributed by atoms with Crippen LogP contribution >= 0.6 is 23.8 Å². The van der Waals surface area contributed by atoms with E-state index >= 15 is 0 Å². The number of nitrogens with one attached hydrogen (secondary N) is 1. The summed E-state index contributed by atoms with van der Waals surface area (Å²) in [6, 6.07) is 18.5. The fourth-order valence-corrected chi connectivity index (χ4v) is 3.70. The number of halogens is 4. The number of hydrogen-bond donors (Lipinski definition) is 1. The van der Waals surface area contributed by atoms with E-state index in [2.05, 4.69) is 5.32 Å². The first kappa shape index (κ1) is 23.5. The molecule has 0 unspecified atom stereocenters. The zero-order valence-electron chi connectivity index (χ0n) is 17.1. The molecule has 0 atom stereocenters. The maximum absolute atomic E-state index is 13.2. The summed E-state index contributed by atoms with van der Waals surface area (Å²) in [7, 11) is 0. The summed E-state index contributed by atoms with van der Waals surface area (Å²) in [4.78, 5) is 26.6. The smallest absolute Gasteiger partial charge is 0.417 e. The van der Waals surface area contributed by atoms with E-state index in [1.54, 1.807) is 36.4 Å². The lowest BCUT2D eigenvalue weighted by atomic mass is 10.0. The van der Waals surface area contributed by atoms with Gasteiger partial charge in [-0.2, -0.15) is 13.2 Å². The Morgan fingerprint density at radius 1 is 0.941 bits per heavy atom. The van der Waals surface area contributed by atoms with E-state index in [4.69, 9.17) is 28.6 Å². The minimum absolute atomic E-state index is 0.0189. The molecule has 34 heavy (non-hydrogen) atoms. The first-order chi connectivity index (χ1) is 16.1. The average molecular weight is 503 g/mol. The lowest BCUT2D eigenvalue weighted by Gasteiger charge is -2.29. The molecule has 1 heterocycles. The summed E-state index contributed by atoms with van der Waals surface area (Å²) < 4.78 is 45.3. The van der Waals surface area contributed by atoms with Crippen molar-refractivity contribution in [1.29, 1.82) is 0 Å². The maximum atomic E-state index is 13.2. The van der Waals surface area contributed by atoms with Crippen molar-refractivity contribution in [3.8, 4) is 11.5 Å². The number of thiocarbonyl (C=S) groups is 1. The molecule has 172 valence electrons. The molecule has 1 aliphatic rings. The van der Waals surface area contributed by atoms with Crippen molar-refractivity contribution < 1.29 is 27.5 Å². The van der Waals surface area contributed by atoms with Crippen LogP contribution in [0.5, 0.6) is 11.5 Å². The van der Waals surface area contributed by atoms with Crippen LogP contribution in [0.4, 0.5) is 18.9 Å². The highest BCUT2D eigenvalue weighted by molar-refractivity contribution is 7.80. The predicted molar refractivity (Wildman–Crippen MR) is 126 cm³/mol. The van der Waals surface area contributed by atoms with Gasteiger partial charge in [0.2, 0.25) is 0 Å². The molecular formula is C24H14ClF3N2O3S. The Hall–Kier alpha value is -3.69. The van der Waals surface area contributed by atoms with E-state index in [1.165, 1.54) is 6.07 Å².